The number of rotatable bonds is 1. The average molecular weight is 132 g/mol. The lowest BCUT2D eigenvalue weighted by Crippen LogP contribution is -2.23. The first-order valence-corrected chi connectivity index (χ1v) is 3.59. The second kappa shape index (κ2) is 3.16. The number of hydrogen-bond acceptors (Lipinski definition) is 1. The molecule has 0 aliphatic heterocycles. The van der Waals surface area contributed by atoms with Crippen LogP contribution in [0.15, 0.2) is 0 Å². The molecule has 0 radical (unpaired) electrons. The van der Waals surface area contributed by atoms with Crippen LogP contribution in [0.1, 0.15) is 25.7 Å². The minimum Gasteiger partial charge on any atom is -0.396 e. The molecule has 1 nitrogen and oxygen atoms in total. The van der Waals surface area contributed by atoms with Crippen molar-refractivity contribution in [1.29, 1.82) is 0 Å². The fraction of sp³-hybridized carbons (Fsp3) is 1.00. The summed E-state index contributed by atoms with van der Waals surface area (Å²) in [6, 6.07) is 0. The largest absolute Gasteiger partial charge is 0.396 e. The molecule has 0 bridgehead atoms. The van der Waals surface area contributed by atoms with Crippen molar-refractivity contribution >= 4 is 0 Å². The summed E-state index contributed by atoms with van der Waals surface area (Å²) < 4.78 is 12.7. The van der Waals surface area contributed by atoms with Crippen molar-refractivity contribution in [1.82, 2.24) is 0 Å². The maximum atomic E-state index is 12.7. The Kier molecular flexibility index (Phi) is 2.46. The molecule has 0 aromatic heterocycles. The SMILES string of the molecule is OC[C@H]1CCCC[C@H]1F. The molecule has 9 heavy (non-hydrogen) atoms. The summed E-state index contributed by atoms with van der Waals surface area (Å²) in [6.07, 6.45) is 2.88. The van der Waals surface area contributed by atoms with E-state index in [1.165, 1.54) is 0 Å². The molecular weight excluding hydrogens is 119 g/mol. The molecule has 1 aliphatic rings. The van der Waals surface area contributed by atoms with E-state index in [1.807, 2.05) is 0 Å². The third-order valence-corrected chi connectivity index (χ3v) is 2.05. The average Bonchev–Trinajstić information content (AvgIpc) is 1.89. The van der Waals surface area contributed by atoms with Crippen molar-refractivity contribution in [3.63, 3.8) is 0 Å². The molecule has 1 fully saturated rings. The van der Waals surface area contributed by atoms with Crippen LogP contribution < -0.4 is 0 Å². The van der Waals surface area contributed by atoms with Crippen molar-refractivity contribution in [2.24, 2.45) is 5.92 Å². The first-order chi connectivity index (χ1) is 4.34. The summed E-state index contributed by atoms with van der Waals surface area (Å²) in [4.78, 5) is 0. The normalized spacial score (nSPS) is 36.7. The Hall–Kier alpha value is -0.110. The van der Waals surface area contributed by atoms with E-state index in [0.717, 1.165) is 19.3 Å². The van der Waals surface area contributed by atoms with Crippen LogP contribution in [0.3, 0.4) is 0 Å². The van der Waals surface area contributed by atoms with E-state index in [2.05, 4.69) is 0 Å². The van der Waals surface area contributed by atoms with Gasteiger partial charge in [-0.1, -0.05) is 12.8 Å². The Labute approximate surface area is 54.9 Å². The molecule has 0 aromatic carbocycles. The summed E-state index contributed by atoms with van der Waals surface area (Å²) in [6.45, 7) is 0.0289. The van der Waals surface area contributed by atoms with Crippen LogP contribution in [0.25, 0.3) is 0 Å². The molecule has 1 rings (SSSR count). The van der Waals surface area contributed by atoms with E-state index >= 15 is 0 Å². The van der Waals surface area contributed by atoms with Crippen molar-refractivity contribution in [2.75, 3.05) is 6.61 Å². The maximum absolute atomic E-state index is 12.7. The van der Waals surface area contributed by atoms with E-state index in [9.17, 15) is 4.39 Å². The summed E-state index contributed by atoms with van der Waals surface area (Å²) in [7, 11) is 0. The van der Waals surface area contributed by atoms with Gasteiger partial charge in [-0.25, -0.2) is 4.39 Å². The first-order valence-electron chi connectivity index (χ1n) is 3.59. The van der Waals surface area contributed by atoms with Crippen LogP contribution in [0.5, 0.6) is 0 Å². The predicted octanol–water partition coefficient (Wildman–Crippen LogP) is 1.51. The number of halogens is 1. The Bertz CT molecular complexity index is 85.0. The Morgan fingerprint density at radius 2 is 2.00 bits per heavy atom. The highest BCUT2D eigenvalue weighted by atomic mass is 19.1. The molecule has 0 saturated heterocycles. The van der Waals surface area contributed by atoms with Gasteiger partial charge < -0.3 is 5.11 Å². The van der Waals surface area contributed by atoms with Gasteiger partial charge in [-0.05, 0) is 12.8 Å². The van der Waals surface area contributed by atoms with Crippen LogP contribution in [0.2, 0.25) is 0 Å². The van der Waals surface area contributed by atoms with Gasteiger partial charge in [-0.3, -0.25) is 0 Å². The Morgan fingerprint density at radius 1 is 1.33 bits per heavy atom. The van der Waals surface area contributed by atoms with Gasteiger partial charge in [0.1, 0.15) is 6.17 Å². The molecule has 54 valence electrons. The molecule has 1 aliphatic carbocycles. The molecule has 0 spiro atoms. The predicted molar refractivity (Wildman–Crippen MR) is 33.9 cm³/mol. The summed E-state index contributed by atoms with van der Waals surface area (Å²) in [5.74, 6) is -0.0567. The number of aliphatic hydroxyl groups excluding tert-OH is 1. The monoisotopic (exact) mass is 132 g/mol. The van der Waals surface area contributed by atoms with Crippen molar-refractivity contribution in [2.45, 2.75) is 31.9 Å². The van der Waals surface area contributed by atoms with Gasteiger partial charge >= 0.3 is 0 Å². The van der Waals surface area contributed by atoms with Gasteiger partial charge in [-0.15, -0.1) is 0 Å². The van der Waals surface area contributed by atoms with E-state index in [1.54, 1.807) is 0 Å². The summed E-state index contributed by atoms with van der Waals surface area (Å²) in [5, 5.41) is 8.62. The lowest BCUT2D eigenvalue weighted by Gasteiger charge is -2.23. The standard InChI is InChI=1S/C7H13FO/c8-7-4-2-1-3-6(7)5-9/h6-7,9H,1-5H2/t6-,7-/m1/s1. The van der Waals surface area contributed by atoms with E-state index in [0.29, 0.717) is 6.42 Å². The quantitative estimate of drug-likeness (QED) is 0.573. The zero-order valence-corrected chi connectivity index (χ0v) is 5.52. The lowest BCUT2D eigenvalue weighted by atomic mass is 9.88. The second-order valence-electron chi connectivity index (χ2n) is 2.74. The molecule has 2 atom stereocenters. The molecule has 1 N–H and O–H groups in total. The molecule has 0 heterocycles. The van der Waals surface area contributed by atoms with Crippen molar-refractivity contribution in [3.05, 3.63) is 0 Å². The van der Waals surface area contributed by atoms with Crippen molar-refractivity contribution < 1.29 is 9.50 Å². The highest BCUT2D eigenvalue weighted by Gasteiger charge is 2.23. The van der Waals surface area contributed by atoms with Crippen LogP contribution in [-0.4, -0.2) is 17.9 Å². The maximum Gasteiger partial charge on any atom is 0.105 e. The van der Waals surface area contributed by atoms with E-state index in [4.69, 9.17) is 5.11 Å². The summed E-state index contributed by atoms with van der Waals surface area (Å²) >= 11 is 0. The van der Waals surface area contributed by atoms with Gasteiger partial charge in [0.25, 0.3) is 0 Å². The molecule has 2 heteroatoms. The van der Waals surface area contributed by atoms with Crippen LogP contribution in [-0.2, 0) is 0 Å². The second-order valence-corrected chi connectivity index (χ2v) is 2.74. The van der Waals surface area contributed by atoms with Crippen LogP contribution in [0.4, 0.5) is 4.39 Å². The fourth-order valence-corrected chi connectivity index (χ4v) is 1.37. The minimum absolute atomic E-state index is 0.0289. The number of hydrogen-bond donors (Lipinski definition) is 1. The number of aliphatic hydroxyl groups is 1. The van der Waals surface area contributed by atoms with E-state index < -0.39 is 6.17 Å². The Balaban J connectivity index is 2.30. The lowest BCUT2D eigenvalue weighted by molar-refractivity contribution is 0.101. The van der Waals surface area contributed by atoms with Gasteiger partial charge in [0.15, 0.2) is 0 Å². The third kappa shape index (κ3) is 1.65. The van der Waals surface area contributed by atoms with Gasteiger partial charge in [0.2, 0.25) is 0 Å². The summed E-state index contributed by atoms with van der Waals surface area (Å²) in [5.41, 5.74) is 0. The molecule has 1 saturated carbocycles. The van der Waals surface area contributed by atoms with Gasteiger partial charge in [0, 0.05) is 12.5 Å². The van der Waals surface area contributed by atoms with Gasteiger partial charge in [-0.2, -0.15) is 0 Å². The fourth-order valence-electron chi connectivity index (χ4n) is 1.37. The molecule has 0 aromatic rings. The molecular formula is C7H13FO. The van der Waals surface area contributed by atoms with Crippen LogP contribution >= 0.6 is 0 Å². The molecule has 0 amide bonds. The zero-order valence-electron chi connectivity index (χ0n) is 5.52. The minimum atomic E-state index is -0.733. The van der Waals surface area contributed by atoms with Crippen LogP contribution in [0, 0.1) is 5.92 Å². The zero-order chi connectivity index (χ0) is 6.69. The first kappa shape index (κ1) is 7.00. The third-order valence-electron chi connectivity index (χ3n) is 2.05. The topological polar surface area (TPSA) is 20.2 Å². The highest BCUT2D eigenvalue weighted by Crippen LogP contribution is 2.25. The van der Waals surface area contributed by atoms with Gasteiger partial charge in [0.05, 0.1) is 0 Å². The van der Waals surface area contributed by atoms with Crippen molar-refractivity contribution in [3.8, 4) is 0 Å². The Morgan fingerprint density at radius 3 is 2.44 bits per heavy atom. The highest BCUT2D eigenvalue weighted by molar-refractivity contribution is 4.73. The number of alkyl halides is 1. The smallest absolute Gasteiger partial charge is 0.105 e. The molecule has 0 unspecified atom stereocenters. The van der Waals surface area contributed by atoms with E-state index in [-0.39, 0.29) is 12.5 Å².